The Morgan fingerprint density at radius 3 is 2.82 bits per heavy atom. The molecule has 0 aliphatic carbocycles. The van der Waals surface area contributed by atoms with Crippen molar-refractivity contribution in [2.75, 3.05) is 0 Å². The molecule has 2 heterocycles. The molecule has 0 aliphatic heterocycles. The van der Waals surface area contributed by atoms with Crippen molar-refractivity contribution in [3.05, 3.63) is 46.2 Å². The quantitative estimate of drug-likeness (QED) is 0.882. The highest BCUT2D eigenvalue weighted by molar-refractivity contribution is 7.10. The molecule has 2 aromatic rings. The van der Waals surface area contributed by atoms with Crippen LogP contribution >= 0.6 is 11.3 Å². The fourth-order valence-corrected chi connectivity index (χ4v) is 2.56. The van der Waals surface area contributed by atoms with E-state index < -0.39 is 0 Å². The van der Waals surface area contributed by atoms with Gasteiger partial charge in [0.2, 0.25) is 0 Å². The van der Waals surface area contributed by atoms with Crippen molar-refractivity contribution in [3.63, 3.8) is 0 Å². The van der Waals surface area contributed by atoms with Gasteiger partial charge in [0.1, 0.15) is 0 Å². The van der Waals surface area contributed by atoms with Crippen LogP contribution in [0, 0.1) is 6.92 Å². The predicted molar refractivity (Wildman–Crippen MR) is 71.0 cm³/mol. The summed E-state index contributed by atoms with van der Waals surface area (Å²) in [5, 5.41) is 5.63. The van der Waals surface area contributed by atoms with E-state index in [2.05, 4.69) is 39.7 Å². The number of hydrogen-bond donors (Lipinski definition) is 1. The maximum atomic E-state index is 4.34. The van der Waals surface area contributed by atoms with Gasteiger partial charge in [-0.3, -0.25) is 9.97 Å². The summed E-state index contributed by atoms with van der Waals surface area (Å²) >= 11 is 1.79. The second kappa shape index (κ2) is 5.89. The van der Waals surface area contributed by atoms with Gasteiger partial charge in [-0.2, -0.15) is 0 Å². The van der Waals surface area contributed by atoms with E-state index in [1.165, 1.54) is 4.88 Å². The van der Waals surface area contributed by atoms with E-state index in [-0.39, 0.29) is 0 Å². The van der Waals surface area contributed by atoms with Gasteiger partial charge in [-0.05, 0) is 24.8 Å². The largest absolute Gasteiger partial charge is 0.303 e. The van der Waals surface area contributed by atoms with Gasteiger partial charge in [0, 0.05) is 29.9 Å². The molecule has 1 unspecified atom stereocenters. The molecule has 1 N–H and O–H groups in total. The molecule has 4 heteroatoms. The molecule has 1 atom stereocenters. The first-order chi connectivity index (χ1) is 8.29. The van der Waals surface area contributed by atoms with E-state index >= 15 is 0 Å². The van der Waals surface area contributed by atoms with E-state index in [0.717, 1.165) is 24.4 Å². The zero-order chi connectivity index (χ0) is 12.1. The van der Waals surface area contributed by atoms with Gasteiger partial charge >= 0.3 is 0 Å². The minimum Gasteiger partial charge on any atom is -0.303 e. The average molecular weight is 247 g/mol. The summed E-state index contributed by atoms with van der Waals surface area (Å²) in [6.07, 6.45) is 4.73. The van der Waals surface area contributed by atoms with Crippen LogP contribution in [0.1, 0.15) is 35.7 Å². The van der Waals surface area contributed by atoms with Crippen LogP contribution in [-0.4, -0.2) is 9.97 Å². The topological polar surface area (TPSA) is 37.8 Å². The SMILES string of the molecule is CCC(NCc1cnc(C)cn1)c1cccs1. The lowest BCUT2D eigenvalue weighted by molar-refractivity contribution is 0.520. The smallest absolute Gasteiger partial charge is 0.0724 e. The highest BCUT2D eigenvalue weighted by Crippen LogP contribution is 2.21. The van der Waals surface area contributed by atoms with Crippen LogP contribution in [0.5, 0.6) is 0 Å². The standard InChI is InChI=1S/C13H17N3S/c1-3-12(13-5-4-6-17-13)16-9-11-8-14-10(2)7-15-11/h4-8,12,16H,3,9H2,1-2H3. The van der Waals surface area contributed by atoms with Crippen LogP contribution in [0.2, 0.25) is 0 Å². The predicted octanol–water partition coefficient (Wildman–Crippen LogP) is 3.09. The van der Waals surface area contributed by atoms with E-state index in [4.69, 9.17) is 0 Å². The normalized spacial score (nSPS) is 12.6. The molecule has 0 fully saturated rings. The molecule has 2 rings (SSSR count). The zero-order valence-corrected chi connectivity index (χ0v) is 11.0. The minimum absolute atomic E-state index is 0.415. The first kappa shape index (κ1) is 12.2. The van der Waals surface area contributed by atoms with E-state index in [0.29, 0.717) is 6.04 Å². The molecule has 0 saturated heterocycles. The number of rotatable bonds is 5. The third-order valence-electron chi connectivity index (χ3n) is 2.66. The Labute approximate surface area is 106 Å². The fraction of sp³-hybridized carbons (Fsp3) is 0.385. The van der Waals surface area contributed by atoms with Crippen molar-refractivity contribution in [3.8, 4) is 0 Å². The number of hydrogen-bond acceptors (Lipinski definition) is 4. The molecule has 90 valence electrons. The number of aromatic nitrogens is 2. The summed E-state index contributed by atoms with van der Waals surface area (Å²) in [5.74, 6) is 0. The molecule has 17 heavy (non-hydrogen) atoms. The number of thiophene rings is 1. The molecule has 2 aromatic heterocycles. The second-order valence-corrected chi connectivity index (χ2v) is 4.99. The molecule has 3 nitrogen and oxygen atoms in total. The van der Waals surface area contributed by atoms with Gasteiger partial charge in [0.25, 0.3) is 0 Å². The second-order valence-electron chi connectivity index (χ2n) is 4.01. The molecular formula is C13H17N3S. The Morgan fingerprint density at radius 1 is 1.35 bits per heavy atom. The van der Waals surface area contributed by atoms with Crippen molar-refractivity contribution in [2.45, 2.75) is 32.9 Å². The number of aryl methyl sites for hydroxylation is 1. The van der Waals surface area contributed by atoms with E-state index in [1.54, 1.807) is 11.3 Å². The Hall–Kier alpha value is -1.26. The van der Waals surface area contributed by atoms with Gasteiger partial charge < -0.3 is 5.32 Å². The average Bonchev–Trinajstić information content (AvgIpc) is 2.86. The highest BCUT2D eigenvalue weighted by Gasteiger charge is 2.09. The summed E-state index contributed by atoms with van der Waals surface area (Å²) in [6, 6.07) is 4.68. The van der Waals surface area contributed by atoms with Crippen LogP contribution in [0.4, 0.5) is 0 Å². The Morgan fingerprint density at radius 2 is 2.24 bits per heavy atom. The maximum absolute atomic E-state index is 4.34. The summed E-state index contributed by atoms with van der Waals surface area (Å²) in [5.41, 5.74) is 1.95. The minimum atomic E-state index is 0.415. The van der Waals surface area contributed by atoms with Crippen molar-refractivity contribution in [2.24, 2.45) is 0 Å². The lowest BCUT2D eigenvalue weighted by atomic mass is 10.2. The Balaban J connectivity index is 1.94. The lowest BCUT2D eigenvalue weighted by Crippen LogP contribution is -2.20. The van der Waals surface area contributed by atoms with Gasteiger partial charge in [-0.15, -0.1) is 11.3 Å². The monoisotopic (exact) mass is 247 g/mol. The van der Waals surface area contributed by atoms with Crippen LogP contribution < -0.4 is 5.32 Å². The summed E-state index contributed by atoms with van der Waals surface area (Å²) < 4.78 is 0. The molecule has 0 bridgehead atoms. The molecule has 0 amide bonds. The summed E-state index contributed by atoms with van der Waals surface area (Å²) in [4.78, 5) is 9.97. The summed E-state index contributed by atoms with van der Waals surface area (Å²) in [6.45, 7) is 4.91. The van der Waals surface area contributed by atoms with Crippen LogP contribution in [0.25, 0.3) is 0 Å². The zero-order valence-electron chi connectivity index (χ0n) is 10.2. The van der Waals surface area contributed by atoms with Crippen LogP contribution in [0.15, 0.2) is 29.9 Å². The maximum Gasteiger partial charge on any atom is 0.0724 e. The number of nitrogens with one attached hydrogen (secondary N) is 1. The van der Waals surface area contributed by atoms with Gasteiger partial charge in [0.15, 0.2) is 0 Å². The molecule has 0 radical (unpaired) electrons. The Kier molecular flexibility index (Phi) is 4.23. The van der Waals surface area contributed by atoms with E-state index in [9.17, 15) is 0 Å². The molecule has 0 aliphatic rings. The highest BCUT2D eigenvalue weighted by atomic mass is 32.1. The molecule has 0 spiro atoms. The molecule has 0 aromatic carbocycles. The first-order valence-corrected chi connectivity index (χ1v) is 6.72. The van der Waals surface area contributed by atoms with Crippen LogP contribution in [0.3, 0.4) is 0 Å². The van der Waals surface area contributed by atoms with Crippen molar-refractivity contribution < 1.29 is 0 Å². The van der Waals surface area contributed by atoms with Gasteiger partial charge in [-0.1, -0.05) is 13.0 Å². The van der Waals surface area contributed by atoms with Crippen molar-refractivity contribution in [1.29, 1.82) is 0 Å². The lowest BCUT2D eigenvalue weighted by Gasteiger charge is -2.14. The van der Waals surface area contributed by atoms with Crippen molar-refractivity contribution >= 4 is 11.3 Å². The first-order valence-electron chi connectivity index (χ1n) is 5.84. The summed E-state index contributed by atoms with van der Waals surface area (Å²) in [7, 11) is 0. The third kappa shape index (κ3) is 3.35. The van der Waals surface area contributed by atoms with E-state index in [1.807, 2.05) is 19.3 Å². The molecule has 0 saturated carbocycles. The molecular weight excluding hydrogens is 230 g/mol. The van der Waals surface area contributed by atoms with Gasteiger partial charge in [-0.25, -0.2) is 0 Å². The van der Waals surface area contributed by atoms with Crippen molar-refractivity contribution in [1.82, 2.24) is 15.3 Å². The van der Waals surface area contributed by atoms with Crippen LogP contribution in [-0.2, 0) is 6.54 Å². The van der Waals surface area contributed by atoms with Gasteiger partial charge in [0.05, 0.1) is 11.4 Å². The third-order valence-corrected chi connectivity index (χ3v) is 3.64. The fourth-order valence-electron chi connectivity index (χ4n) is 1.67. The Bertz CT molecular complexity index is 436. The number of nitrogens with zero attached hydrogens (tertiary/aromatic N) is 2.